The number of benzene rings is 4. The Labute approximate surface area is 332 Å². The number of nitrogens with zero attached hydrogens (tertiary/aromatic N) is 6. The minimum Gasteiger partial charge on any atom is -0.352 e. The van der Waals surface area contributed by atoms with Crippen molar-refractivity contribution in [1.82, 2.24) is 39.7 Å². The Hall–Kier alpha value is -6.28. The predicted molar refractivity (Wildman–Crippen MR) is 213 cm³/mol. The first-order valence-electron chi connectivity index (χ1n) is 17.5. The van der Waals surface area contributed by atoms with Crippen LogP contribution in [0.5, 0.6) is 0 Å². The van der Waals surface area contributed by atoms with E-state index in [4.69, 9.17) is 0 Å². The number of hydrogen-bond donors (Lipinski definition) is 4. The number of alkyl halides is 6. The van der Waals surface area contributed by atoms with E-state index in [0.29, 0.717) is 77.8 Å². The maximum Gasteiger partial charge on any atom is 0.416 e. The fraction of sp³-hybridized carbons (Fsp3) is 0.211. The van der Waals surface area contributed by atoms with Crippen LogP contribution in [0.25, 0.3) is 42.5 Å². The summed E-state index contributed by atoms with van der Waals surface area (Å²) in [6, 6.07) is 17.3. The second kappa shape index (κ2) is 15.6. The van der Waals surface area contributed by atoms with Crippen LogP contribution in [0.15, 0.2) is 72.8 Å². The van der Waals surface area contributed by atoms with Gasteiger partial charge in [-0.05, 0) is 86.6 Å². The van der Waals surface area contributed by atoms with Gasteiger partial charge >= 0.3 is 12.4 Å². The molecule has 58 heavy (non-hydrogen) atoms. The molecule has 0 bridgehead atoms. The van der Waals surface area contributed by atoms with Crippen LogP contribution in [0.4, 0.5) is 48.5 Å². The molecule has 4 heterocycles. The molecular formula is C38H32F6N10O2S2. The number of thiazole rings is 2. The van der Waals surface area contributed by atoms with E-state index in [1.165, 1.54) is 12.1 Å². The third kappa shape index (κ3) is 8.23. The Morgan fingerprint density at radius 2 is 0.966 bits per heavy atom. The SMILES string of the molecule is CCNC(=O)c1ccc2c(c1)nc(Nc1nc3ccc(C(F)(F)F)cc3s1)n2C.CCNC(=O)c1ccc2c(c1)nc(Nc1nc3ccc(C(F)(F)F)cc3s1)n2C. The number of carbonyl (C=O) groups is 2. The monoisotopic (exact) mass is 838 g/mol. The maximum atomic E-state index is 12.9. The minimum atomic E-state index is -4.40. The van der Waals surface area contributed by atoms with Gasteiger partial charge in [-0.25, -0.2) is 19.9 Å². The van der Waals surface area contributed by atoms with E-state index < -0.39 is 23.5 Å². The highest BCUT2D eigenvalue weighted by atomic mass is 32.1. The molecule has 4 aromatic heterocycles. The van der Waals surface area contributed by atoms with Crippen LogP contribution in [0.1, 0.15) is 45.7 Å². The van der Waals surface area contributed by atoms with E-state index >= 15 is 0 Å². The van der Waals surface area contributed by atoms with Gasteiger partial charge < -0.3 is 30.4 Å². The topological polar surface area (TPSA) is 144 Å². The number of hydrogen-bond acceptors (Lipinski definition) is 10. The lowest BCUT2D eigenvalue weighted by Crippen LogP contribution is -2.22. The Morgan fingerprint density at radius 3 is 1.33 bits per heavy atom. The smallest absolute Gasteiger partial charge is 0.352 e. The largest absolute Gasteiger partial charge is 0.416 e. The summed E-state index contributed by atoms with van der Waals surface area (Å²) in [4.78, 5) is 41.7. The Balaban J connectivity index is 0.000000177. The summed E-state index contributed by atoms with van der Waals surface area (Å²) in [5.74, 6) is 0.591. The van der Waals surface area contributed by atoms with Crippen molar-refractivity contribution in [2.45, 2.75) is 26.2 Å². The van der Waals surface area contributed by atoms with Crippen molar-refractivity contribution in [2.75, 3.05) is 23.7 Å². The zero-order valence-electron chi connectivity index (χ0n) is 30.9. The molecule has 0 aliphatic heterocycles. The van der Waals surface area contributed by atoms with E-state index in [-0.39, 0.29) is 11.8 Å². The summed E-state index contributed by atoms with van der Waals surface area (Å²) in [6.07, 6.45) is -8.80. The Morgan fingerprint density at radius 1 is 0.569 bits per heavy atom. The zero-order valence-corrected chi connectivity index (χ0v) is 32.6. The lowest BCUT2D eigenvalue weighted by atomic mass is 10.2. The summed E-state index contributed by atoms with van der Waals surface area (Å²) in [6.45, 7) is 4.74. The molecular weight excluding hydrogens is 807 g/mol. The highest BCUT2D eigenvalue weighted by Crippen LogP contribution is 2.37. The number of halogens is 6. The molecule has 2 amide bonds. The molecule has 0 fully saturated rings. The second-order valence-corrected chi connectivity index (χ2v) is 14.8. The van der Waals surface area contributed by atoms with Crippen LogP contribution >= 0.6 is 22.7 Å². The number of aryl methyl sites for hydroxylation is 2. The van der Waals surface area contributed by atoms with Gasteiger partial charge in [-0.15, -0.1) is 0 Å². The molecule has 4 aromatic carbocycles. The third-order valence-electron chi connectivity index (χ3n) is 8.83. The number of imidazole rings is 2. The third-order valence-corrected chi connectivity index (χ3v) is 10.7. The van der Waals surface area contributed by atoms with E-state index in [1.54, 1.807) is 59.6 Å². The van der Waals surface area contributed by atoms with Gasteiger partial charge in [0.05, 0.1) is 53.6 Å². The van der Waals surface area contributed by atoms with Crippen LogP contribution in [-0.4, -0.2) is 54.0 Å². The lowest BCUT2D eigenvalue weighted by Gasteiger charge is -2.04. The van der Waals surface area contributed by atoms with E-state index in [1.807, 2.05) is 13.8 Å². The van der Waals surface area contributed by atoms with Crippen molar-refractivity contribution in [3.8, 4) is 0 Å². The number of fused-ring (bicyclic) bond motifs is 4. The van der Waals surface area contributed by atoms with Crippen LogP contribution < -0.4 is 21.3 Å². The number of anilines is 4. The van der Waals surface area contributed by atoms with Gasteiger partial charge in [0, 0.05) is 38.3 Å². The highest BCUT2D eigenvalue weighted by molar-refractivity contribution is 7.22. The van der Waals surface area contributed by atoms with Crippen LogP contribution in [0, 0.1) is 0 Å². The summed E-state index contributed by atoms with van der Waals surface area (Å²) in [5, 5.41) is 12.5. The van der Waals surface area contributed by atoms with Crippen molar-refractivity contribution in [3.63, 3.8) is 0 Å². The van der Waals surface area contributed by atoms with E-state index in [0.717, 1.165) is 58.0 Å². The summed E-state index contributed by atoms with van der Waals surface area (Å²) in [7, 11) is 3.61. The molecule has 12 nitrogen and oxygen atoms in total. The molecule has 0 unspecified atom stereocenters. The van der Waals surface area contributed by atoms with Crippen LogP contribution in [-0.2, 0) is 26.4 Å². The average Bonchev–Trinajstić information content (AvgIpc) is 3.93. The van der Waals surface area contributed by atoms with Gasteiger partial charge in [-0.2, -0.15) is 26.3 Å². The number of carbonyl (C=O) groups excluding carboxylic acids is 2. The maximum absolute atomic E-state index is 12.9. The number of rotatable bonds is 8. The number of amides is 2. The number of aromatic nitrogens is 6. The van der Waals surface area contributed by atoms with Crippen LogP contribution in [0.2, 0.25) is 0 Å². The molecule has 4 N–H and O–H groups in total. The lowest BCUT2D eigenvalue weighted by molar-refractivity contribution is -0.138. The quantitative estimate of drug-likeness (QED) is 0.111. The first kappa shape index (κ1) is 39.9. The first-order valence-corrected chi connectivity index (χ1v) is 19.1. The van der Waals surface area contributed by atoms with Crippen molar-refractivity contribution in [2.24, 2.45) is 14.1 Å². The standard InChI is InChI=1S/2C19H16F3N5OS/c2*1-3-23-16(28)10-4-7-14-13(8-10)24-17(27(14)2)26-18-25-12-6-5-11(19(20,21)22)9-15(12)29-18/h2*4-9H,3H2,1-2H3,(H,23,28)(H,24,25,26). The molecule has 0 saturated heterocycles. The molecule has 20 heteroatoms. The number of nitrogens with one attached hydrogen (secondary N) is 4. The summed E-state index contributed by atoms with van der Waals surface area (Å²) >= 11 is 2.23. The zero-order chi connectivity index (χ0) is 41.5. The predicted octanol–water partition coefficient (Wildman–Crippen LogP) is 9.39. The molecule has 0 aliphatic rings. The van der Waals surface area contributed by atoms with Gasteiger partial charge in [0.15, 0.2) is 10.3 Å². The molecule has 0 atom stereocenters. The van der Waals surface area contributed by atoms with Crippen molar-refractivity contribution in [1.29, 1.82) is 0 Å². The molecule has 0 saturated carbocycles. The van der Waals surface area contributed by atoms with Crippen molar-refractivity contribution in [3.05, 3.63) is 95.1 Å². The fourth-order valence-electron chi connectivity index (χ4n) is 5.93. The Kier molecular flexibility index (Phi) is 10.7. The minimum absolute atomic E-state index is 0.179. The van der Waals surface area contributed by atoms with Gasteiger partial charge in [0.2, 0.25) is 11.9 Å². The van der Waals surface area contributed by atoms with Crippen LogP contribution in [0.3, 0.4) is 0 Å². The van der Waals surface area contributed by atoms with Crippen molar-refractivity contribution < 1.29 is 35.9 Å². The average molecular weight is 839 g/mol. The Bertz CT molecular complexity index is 2650. The van der Waals surface area contributed by atoms with Gasteiger partial charge in [0.1, 0.15) is 0 Å². The molecule has 8 rings (SSSR count). The van der Waals surface area contributed by atoms with E-state index in [2.05, 4.69) is 41.2 Å². The summed E-state index contributed by atoms with van der Waals surface area (Å²) in [5.41, 5.74) is 3.40. The van der Waals surface area contributed by atoms with Gasteiger partial charge in [0.25, 0.3) is 11.8 Å². The highest BCUT2D eigenvalue weighted by Gasteiger charge is 2.32. The molecule has 0 aliphatic carbocycles. The first-order chi connectivity index (χ1) is 27.5. The van der Waals surface area contributed by atoms with Gasteiger partial charge in [-0.1, -0.05) is 22.7 Å². The fourth-order valence-corrected chi connectivity index (χ4v) is 7.73. The molecule has 300 valence electrons. The van der Waals surface area contributed by atoms with E-state index in [9.17, 15) is 35.9 Å². The van der Waals surface area contributed by atoms with Crippen molar-refractivity contribution >= 4 is 99.1 Å². The molecule has 0 radical (unpaired) electrons. The normalized spacial score (nSPS) is 11.9. The second-order valence-electron chi connectivity index (χ2n) is 12.8. The molecule has 0 spiro atoms. The molecule has 8 aromatic rings. The van der Waals surface area contributed by atoms with Gasteiger partial charge in [-0.3, -0.25) is 9.59 Å². The summed E-state index contributed by atoms with van der Waals surface area (Å²) < 4.78 is 81.9.